The predicted octanol–water partition coefficient (Wildman–Crippen LogP) is -0.185. The monoisotopic (exact) mass is 170 g/mol. The molecule has 4 nitrogen and oxygen atoms in total. The van der Waals surface area contributed by atoms with Gasteiger partial charge in [-0.25, -0.2) is 0 Å². The Balaban J connectivity index is 3.26. The maximum atomic E-state index is 10.4. The van der Waals surface area contributed by atoms with E-state index in [0.717, 1.165) is 0 Å². The second-order valence-corrected chi connectivity index (χ2v) is 2.35. The molecule has 2 amide bonds. The molecule has 0 aliphatic carbocycles. The zero-order chi connectivity index (χ0) is 9.40. The topological polar surface area (TPSA) is 58.2 Å². The van der Waals surface area contributed by atoms with E-state index in [9.17, 15) is 9.59 Å². The van der Waals surface area contributed by atoms with Crippen LogP contribution in [0.15, 0.2) is 12.2 Å². The van der Waals surface area contributed by atoms with Gasteiger partial charge >= 0.3 is 0 Å². The summed E-state index contributed by atoms with van der Waals surface area (Å²) in [4.78, 5) is 20.7. The van der Waals surface area contributed by atoms with Gasteiger partial charge in [0.25, 0.3) is 0 Å². The fourth-order valence-corrected chi connectivity index (χ4v) is 0.572. The van der Waals surface area contributed by atoms with Crippen LogP contribution in [0.3, 0.4) is 0 Å². The fourth-order valence-electron chi connectivity index (χ4n) is 0.572. The van der Waals surface area contributed by atoms with Crippen molar-refractivity contribution in [2.24, 2.45) is 0 Å². The molecule has 0 aromatic rings. The Morgan fingerprint density at radius 2 is 1.33 bits per heavy atom. The Kier molecular flexibility index (Phi) is 5.69. The predicted molar refractivity (Wildman–Crippen MR) is 46.5 cm³/mol. The Morgan fingerprint density at radius 1 is 1.00 bits per heavy atom. The molecule has 0 saturated heterocycles. The number of rotatable bonds is 4. The van der Waals surface area contributed by atoms with Crippen LogP contribution >= 0.6 is 0 Å². The van der Waals surface area contributed by atoms with Crippen LogP contribution in [0.5, 0.6) is 0 Å². The highest BCUT2D eigenvalue weighted by atomic mass is 16.1. The van der Waals surface area contributed by atoms with Crippen LogP contribution in [-0.4, -0.2) is 24.9 Å². The molecule has 0 spiro atoms. The normalized spacial score (nSPS) is 9.83. The summed E-state index contributed by atoms with van der Waals surface area (Å²) in [6.07, 6.45) is 3.58. The van der Waals surface area contributed by atoms with Crippen molar-refractivity contribution in [1.29, 1.82) is 0 Å². The largest absolute Gasteiger partial charge is 0.353 e. The molecule has 2 N–H and O–H groups in total. The minimum absolute atomic E-state index is 0.0563. The van der Waals surface area contributed by atoms with E-state index < -0.39 is 0 Å². The van der Waals surface area contributed by atoms with E-state index in [1.54, 1.807) is 12.2 Å². The van der Waals surface area contributed by atoms with Crippen molar-refractivity contribution in [3.8, 4) is 0 Å². The van der Waals surface area contributed by atoms with Crippen LogP contribution in [0, 0.1) is 0 Å². The van der Waals surface area contributed by atoms with Gasteiger partial charge in [0, 0.05) is 26.9 Å². The second kappa shape index (κ2) is 6.39. The maximum absolute atomic E-state index is 10.4. The first kappa shape index (κ1) is 10.7. The van der Waals surface area contributed by atoms with Gasteiger partial charge in [-0.15, -0.1) is 0 Å². The van der Waals surface area contributed by atoms with Crippen molar-refractivity contribution in [2.75, 3.05) is 13.1 Å². The minimum atomic E-state index is -0.0563. The third-order valence-electron chi connectivity index (χ3n) is 1.10. The Bertz CT molecular complexity index is 167. The third-order valence-corrected chi connectivity index (χ3v) is 1.10. The average Bonchev–Trinajstić information content (AvgIpc) is 1.95. The number of carbonyl (C=O) groups is 2. The van der Waals surface area contributed by atoms with E-state index in [1.165, 1.54) is 13.8 Å². The number of carbonyl (C=O) groups excluding carboxylic acids is 2. The highest BCUT2D eigenvalue weighted by Crippen LogP contribution is 1.70. The molecule has 0 aromatic carbocycles. The molecule has 0 unspecified atom stereocenters. The van der Waals surface area contributed by atoms with Gasteiger partial charge in [-0.2, -0.15) is 0 Å². The molecule has 4 heteroatoms. The lowest BCUT2D eigenvalue weighted by Crippen LogP contribution is -2.21. The van der Waals surface area contributed by atoms with Crippen LogP contribution < -0.4 is 10.6 Å². The molecule has 0 radical (unpaired) electrons. The summed E-state index contributed by atoms with van der Waals surface area (Å²) in [5.74, 6) is -0.113. The lowest BCUT2D eigenvalue weighted by Gasteiger charge is -1.96. The smallest absolute Gasteiger partial charge is 0.217 e. The van der Waals surface area contributed by atoms with Crippen LogP contribution in [0.2, 0.25) is 0 Å². The van der Waals surface area contributed by atoms with Crippen LogP contribution in [0.4, 0.5) is 0 Å². The van der Waals surface area contributed by atoms with Crippen molar-refractivity contribution in [1.82, 2.24) is 10.6 Å². The highest BCUT2D eigenvalue weighted by Gasteiger charge is 1.85. The lowest BCUT2D eigenvalue weighted by atomic mass is 10.4. The van der Waals surface area contributed by atoms with Gasteiger partial charge in [-0.05, 0) is 0 Å². The average molecular weight is 170 g/mol. The van der Waals surface area contributed by atoms with E-state index in [-0.39, 0.29) is 11.8 Å². The molecule has 12 heavy (non-hydrogen) atoms. The van der Waals surface area contributed by atoms with Crippen LogP contribution in [-0.2, 0) is 9.59 Å². The first-order chi connectivity index (χ1) is 5.63. The molecule has 0 aromatic heterocycles. The van der Waals surface area contributed by atoms with Crippen molar-refractivity contribution < 1.29 is 9.59 Å². The number of hydrogen-bond donors (Lipinski definition) is 2. The molecule has 0 atom stereocenters. The van der Waals surface area contributed by atoms with E-state index in [0.29, 0.717) is 13.1 Å². The molecule has 0 rings (SSSR count). The zero-order valence-electron chi connectivity index (χ0n) is 7.39. The third kappa shape index (κ3) is 8.68. The second-order valence-electron chi connectivity index (χ2n) is 2.35. The van der Waals surface area contributed by atoms with Gasteiger partial charge in [0.05, 0.1) is 0 Å². The van der Waals surface area contributed by atoms with Crippen molar-refractivity contribution in [2.45, 2.75) is 13.8 Å². The molecule has 0 aliphatic heterocycles. The maximum Gasteiger partial charge on any atom is 0.217 e. The van der Waals surface area contributed by atoms with Gasteiger partial charge < -0.3 is 10.6 Å². The summed E-state index contributed by atoms with van der Waals surface area (Å²) < 4.78 is 0. The molecule has 68 valence electrons. The molecule has 0 fully saturated rings. The Hall–Kier alpha value is -1.32. The summed E-state index contributed by atoms with van der Waals surface area (Å²) in [6.45, 7) is 3.94. The summed E-state index contributed by atoms with van der Waals surface area (Å²) in [6, 6.07) is 0. The van der Waals surface area contributed by atoms with E-state index in [4.69, 9.17) is 0 Å². The first-order valence-electron chi connectivity index (χ1n) is 3.77. The quantitative estimate of drug-likeness (QED) is 0.575. The number of amides is 2. The van der Waals surface area contributed by atoms with E-state index >= 15 is 0 Å². The van der Waals surface area contributed by atoms with Crippen molar-refractivity contribution in [3.05, 3.63) is 12.2 Å². The fraction of sp³-hybridized carbons (Fsp3) is 0.500. The zero-order valence-corrected chi connectivity index (χ0v) is 7.39. The molecule has 0 heterocycles. The minimum Gasteiger partial charge on any atom is -0.353 e. The lowest BCUT2D eigenvalue weighted by molar-refractivity contribution is -0.119. The SMILES string of the molecule is CC(=O)NC/C=C/CNC(C)=O. The molecular weight excluding hydrogens is 156 g/mol. The van der Waals surface area contributed by atoms with Gasteiger partial charge in [-0.3, -0.25) is 9.59 Å². The van der Waals surface area contributed by atoms with Crippen molar-refractivity contribution >= 4 is 11.8 Å². The number of nitrogens with one attached hydrogen (secondary N) is 2. The first-order valence-corrected chi connectivity index (χ1v) is 3.77. The molecular formula is C8H14N2O2. The van der Waals surface area contributed by atoms with Gasteiger partial charge in [0.15, 0.2) is 0 Å². The Labute approximate surface area is 72.0 Å². The van der Waals surface area contributed by atoms with Gasteiger partial charge in [0.2, 0.25) is 11.8 Å². The summed E-state index contributed by atoms with van der Waals surface area (Å²) in [5.41, 5.74) is 0. The Morgan fingerprint density at radius 3 is 1.58 bits per heavy atom. The molecule has 0 saturated carbocycles. The van der Waals surface area contributed by atoms with Crippen molar-refractivity contribution in [3.63, 3.8) is 0 Å². The summed E-state index contributed by atoms with van der Waals surface area (Å²) >= 11 is 0. The van der Waals surface area contributed by atoms with E-state index in [2.05, 4.69) is 10.6 Å². The van der Waals surface area contributed by atoms with Crippen LogP contribution in [0.1, 0.15) is 13.8 Å². The summed E-state index contributed by atoms with van der Waals surface area (Å²) in [7, 11) is 0. The standard InChI is InChI=1S/C8H14N2O2/c1-7(11)9-5-3-4-6-10-8(2)12/h3-4H,5-6H2,1-2H3,(H,9,11)(H,10,12)/b4-3+. The number of hydrogen-bond acceptors (Lipinski definition) is 2. The van der Waals surface area contributed by atoms with Gasteiger partial charge in [-0.1, -0.05) is 12.2 Å². The molecule has 0 bridgehead atoms. The van der Waals surface area contributed by atoms with E-state index in [1.807, 2.05) is 0 Å². The highest BCUT2D eigenvalue weighted by molar-refractivity contribution is 5.73. The van der Waals surface area contributed by atoms with Crippen LogP contribution in [0.25, 0.3) is 0 Å². The molecule has 0 aliphatic rings. The summed E-state index contributed by atoms with van der Waals surface area (Å²) in [5, 5.41) is 5.19. The van der Waals surface area contributed by atoms with Gasteiger partial charge in [0.1, 0.15) is 0 Å².